The summed E-state index contributed by atoms with van der Waals surface area (Å²) in [6.45, 7) is 5.54. The smallest absolute Gasteiger partial charge is 0.0410 e. The molecule has 0 aliphatic heterocycles. The van der Waals surface area contributed by atoms with E-state index >= 15 is 0 Å². The molecule has 15 heavy (non-hydrogen) atoms. The number of hydrogen-bond acceptors (Lipinski definition) is 2. The van der Waals surface area contributed by atoms with Crippen molar-refractivity contribution in [2.75, 3.05) is 6.54 Å². The Morgan fingerprint density at radius 1 is 1.47 bits per heavy atom. The number of aromatic nitrogens is 1. The van der Waals surface area contributed by atoms with Crippen LogP contribution in [0.5, 0.6) is 0 Å². The first-order valence-electron chi connectivity index (χ1n) is 5.55. The molecule has 0 aromatic carbocycles. The van der Waals surface area contributed by atoms with Crippen LogP contribution >= 0.6 is 15.9 Å². The van der Waals surface area contributed by atoms with Gasteiger partial charge in [-0.2, -0.15) is 0 Å². The summed E-state index contributed by atoms with van der Waals surface area (Å²) in [5.41, 5.74) is 1.30. The minimum absolute atomic E-state index is 0.587. The Morgan fingerprint density at radius 2 is 2.27 bits per heavy atom. The third-order valence-electron chi connectivity index (χ3n) is 2.37. The van der Waals surface area contributed by atoms with Crippen LogP contribution in [0.2, 0.25) is 0 Å². The maximum Gasteiger partial charge on any atom is 0.0410 e. The van der Waals surface area contributed by atoms with Gasteiger partial charge in [0.15, 0.2) is 0 Å². The van der Waals surface area contributed by atoms with Gasteiger partial charge in [0.1, 0.15) is 0 Å². The highest BCUT2D eigenvalue weighted by Crippen LogP contribution is 2.11. The molecule has 3 heteroatoms. The summed E-state index contributed by atoms with van der Waals surface area (Å²) in [5, 5.41) is 3.49. The quantitative estimate of drug-likeness (QED) is 0.859. The van der Waals surface area contributed by atoms with Crippen LogP contribution in [-0.2, 0) is 6.42 Å². The first-order chi connectivity index (χ1) is 7.22. The van der Waals surface area contributed by atoms with E-state index in [9.17, 15) is 0 Å². The van der Waals surface area contributed by atoms with Crippen LogP contribution in [0.1, 0.15) is 32.3 Å². The van der Waals surface area contributed by atoms with Crippen LogP contribution in [0.25, 0.3) is 0 Å². The maximum absolute atomic E-state index is 4.16. The molecule has 0 amide bonds. The van der Waals surface area contributed by atoms with Gasteiger partial charge >= 0.3 is 0 Å². The van der Waals surface area contributed by atoms with Crippen molar-refractivity contribution in [2.45, 2.75) is 39.2 Å². The van der Waals surface area contributed by atoms with E-state index < -0.39 is 0 Å². The second kappa shape index (κ2) is 6.96. The molecule has 1 rings (SSSR count). The normalized spacial score (nSPS) is 12.7. The molecule has 0 saturated carbocycles. The number of nitrogens with zero attached hydrogens (tertiary/aromatic N) is 1. The van der Waals surface area contributed by atoms with Crippen molar-refractivity contribution in [3.05, 3.63) is 28.5 Å². The van der Waals surface area contributed by atoms with E-state index in [-0.39, 0.29) is 0 Å². The van der Waals surface area contributed by atoms with Gasteiger partial charge in [-0.25, -0.2) is 0 Å². The zero-order valence-corrected chi connectivity index (χ0v) is 11.0. The summed E-state index contributed by atoms with van der Waals surface area (Å²) >= 11 is 3.43. The summed E-state index contributed by atoms with van der Waals surface area (Å²) in [7, 11) is 0. The van der Waals surface area contributed by atoms with E-state index in [0.29, 0.717) is 6.04 Å². The number of halogens is 1. The number of nitrogens with one attached hydrogen (secondary N) is 1. The van der Waals surface area contributed by atoms with E-state index in [1.807, 2.05) is 12.4 Å². The van der Waals surface area contributed by atoms with Crippen LogP contribution < -0.4 is 5.32 Å². The third-order valence-corrected chi connectivity index (χ3v) is 2.80. The lowest BCUT2D eigenvalue weighted by atomic mass is 10.1. The van der Waals surface area contributed by atoms with Gasteiger partial charge < -0.3 is 5.32 Å². The number of pyridine rings is 1. The summed E-state index contributed by atoms with van der Waals surface area (Å²) in [6, 6.07) is 2.73. The Labute approximate surface area is 101 Å². The van der Waals surface area contributed by atoms with Crippen molar-refractivity contribution < 1.29 is 0 Å². The summed E-state index contributed by atoms with van der Waals surface area (Å²) in [5.74, 6) is 0. The van der Waals surface area contributed by atoms with Crippen molar-refractivity contribution in [1.82, 2.24) is 10.3 Å². The van der Waals surface area contributed by atoms with Gasteiger partial charge in [0, 0.05) is 22.9 Å². The fraction of sp³-hybridized carbons (Fsp3) is 0.583. The summed E-state index contributed by atoms with van der Waals surface area (Å²) < 4.78 is 1.06. The predicted molar refractivity (Wildman–Crippen MR) is 68.0 cm³/mol. The Hall–Kier alpha value is -0.410. The second-order valence-electron chi connectivity index (χ2n) is 3.91. The first-order valence-corrected chi connectivity index (χ1v) is 6.34. The molecular formula is C12H19BrN2. The molecule has 0 aliphatic carbocycles. The number of hydrogen-bond donors (Lipinski definition) is 1. The Kier molecular flexibility index (Phi) is 5.88. The highest BCUT2D eigenvalue weighted by Gasteiger charge is 2.01. The van der Waals surface area contributed by atoms with Gasteiger partial charge in [-0.3, -0.25) is 4.98 Å². The van der Waals surface area contributed by atoms with Gasteiger partial charge in [-0.05, 0) is 60.3 Å². The van der Waals surface area contributed by atoms with Gasteiger partial charge in [-0.1, -0.05) is 6.92 Å². The van der Waals surface area contributed by atoms with Gasteiger partial charge in [0.25, 0.3) is 0 Å². The highest BCUT2D eigenvalue weighted by atomic mass is 79.9. The van der Waals surface area contributed by atoms with Crippen LogP contribution in [0.4, 0.5) is 0 Å². The molecular weight excluding hydrogens is 252 g/mol. The van der Waals surface area contributed by atoms with Crippen molar-refractivity contribution in [1.29, 1.82) is 0 Å². The van der Waals surface area contributed by atoms with Crippen LogP contribution in [0.3, 0.4) is 0 Å². The van der Waals surface area contributed by atoms with Crippen molar-refractivity contribution in [2.24, 2.45) is 0 Å². The Bertz CT molecular complexity index is 289. The second-order valence-corrected chi connectivity index (χ2v) is 4.82. The lowest BCUT2D eigenvalue weighted by Crippen LogP contribution is -2.27. The average molecular weight is 271 g/mol. The van der Waals surface area contributed by atoms with Gasteiger partial charge in [0.05, 0.1) is 0 Å². The monoisotopic (exact) mass is 270 g/mol. The van der Waals surface area contributed by atoms with Gasteiger partial charge in [-0.15, -0.1) is 0 Å². The summed E-state index contributed by atoms with van der Waals surface area (Å²) in [6.07, 6.45) is 7.21. The first kappa shape index (κ1) is 12.7. The van der Waals surface area contributed by atoms with E-state index in [4.69, 9.17) is 0 Å². The standard InChI is InChI=1S/C12H19BrN2/c1-3-6-15-10(2)4-5-11-7-12(13)9-14-8-11/h7-10,15H,3-6H2,1-2H3. The van der Waals surface area contributed by atoms with E-state index in [0.717, 1.165) is 23.9 Å². The summed E-state index contributed by atoms with van der Waals surface area (Å²) in [4.78, 5) is 4.16. The zero-order chi connectivity index (χ0) is 11.1. The fourth-order valence-corrected chi connectivity index (χ4v) is 1.88. The molecule has 1 unspecified atom stereocenters. The molecule has 0 fully saturated rings. The minimum atomic E-state index is 0.587. The predicted octanol–water partition coefficient (Wildman–Crippen LogP) is 3.16. The lowest BCUT2D eigenvalue weighted by Gasteiger charge is -2.12. The lowest BCUT2D eigenvalue weighted by molar-refractivity contribution is 0.513. The van der Waals surface area contributed by atoms with Crippen molar-refractivity contribution in [3.63, 3.8) is 0 Å². The van der Waals surface area contributed by atoms with E-state index in [2.05, 4.69) is 46.1 Å². The molecule has 84 valence electrons. The van der Waals surface area contributed by atoms with E-state index in [1.165, 1.54) is 12.0 Å². The molecule has 1 atom stereocenters. The van der Waals surface area contributed by atoms with Crippen LogP contribution in [0, 0.1) is 0 Å². The number of rotatable bonds is 6. The molecule has 0 spiro atoms. The largest absolute Gasteiger partial charge is 0.314 e. The molecule has 1 heterocycles. The minimum Gasteiger partial charge on any atom is -0.314 e. The third kappa shape index (κ3) is 5.28. The molecule has 0 saturated heterocycles. The van der Waals surface area contributed by atoms with Crippen molar-refractivity contribution in [3.8, 4) is 0 Å². The average Bonchev–Trinajstić information content (AvgIpc) is 2.23. The maximum atomic E-state index is 4.16. The van der Waals surface area contributed by atoms with Crippen LogP contribution in [0.15, 0.2) is 22.9 Å². The molecule has 1 aromatic rings. The molecule has 1 N–H and O–H groups in total. The Morgan fingerprint density at radius 3 is 2.93 bits per heavy atom. The molecule has 0 bridgehead atoms. The van der Waals surface area contributed by atoms with E-state index in [1.54, 1.807) is 0 Å². The zero-order valence-electron chi connectivity index (χ0n) is 9.46. The van der Waals surface area contributed by atoms with Gasteiger partial charge in [0.2, 0.25) is 0 Å². The Balaban J connectivity index is 2.30. The molecule has 0 aliphatic rings. The van der Waals surface area contributed by atoms with Crippen LogP contribution in [-0.4, -0.2) is 17.6 Å². The topological polar surface area (TPSA) is 24.9 Å². The molecule has 0 radical (unpaired) electrons. The van der Waals surface area contributed by atoms with Crippen molar-refractivity contribution >= 4 is 15.9 Å². The highest BCUT2D eigenvalue weighted by molar-refractivity contribution is 9.10. The number of aryl methyl sites for hydroxylation is 1. The molecule has 1 aromatic heterocycles. The SMILES string of the molecule is CCCNC(C)CCc1cncc(Br)c1. The molecule has 2 nitrogen and oxygen atoms in total. The fourth-order valence-electron chi connectivity index (χ4n) is 1.47.